The van der Waals surface area contributed by atoms with Crippen molar-refractivity contribution >= 4 is 5.91 Å². The lowest BCUT2D eigenvalue weighted by Gasteiger charge is -2.12. The molecule has 1 unspecified atom stereocenters. The molecular formula is C13H24N2O2. The van der Waals surface area contributed by atoms with Crippen LogP contribution in [0.3, 0.4) is 0 Å². The molecule has 0 rings (SSSR count). The van der Waals surface area contributed by atoms with Gasteiger partial charge in [0.2, 0.25) is 5.91 Å². The summed E-state index contributed by atoms with van der Waals surface area (Å²) in [5.41, 5.74) is 0. The Bertz CT molecular complexity index is 246. The van der Waals surface area contributed by atoms with Gasteiger partial charge in [0.05, 0.1) is 6.07 Å². The van der Waals surface area contributed by atoms with Crippen LogP contribution in [0.1, 0.15) is 40.0 Å². The molecule has 0 spiro atoms. The van der Waals surface area contributed by atoms with Crippen LogP contribution in [0.25, 0.3) is 0 Å². The fourth-order valence-electron chi connectivity index (χ4n) is 1.35. The number of amides is 1. The van der Waals surface area contributed by atoms with Crippen LogP contribution in [0.5, 0.6) is 0 Å². The van der Waals surface area contributed by atoms with Crippen LogP contribution in [0.15, 0.2) is 0 Å². The standard InChI is InChI=1S/C13H24N2O2/c1-4-5-8-17-9-6-7-15-13(16)12(10-14)11(2)3/h11-12H,4-9H2,1-3H3,(H,15,16). The average molecular weight is 240 g/mol. The zero-order valence-electron chi connectivity index (χ0n) is 11.2. The van der Waals surface area contributed by atoms with E-state index >= 15 is 0 Å². The minimum Gasteiger partial charge on any atom is -0.381 e. The fraction of sp³-hybridized carbons (Fsp3) is 0.846. The molecule has 0 aliphatic heterocycles. The number of nitrogens with zero attached hydrogens (tertiary/aromatic N) is 1. The van der Waals surface area contributed by atoms with Gasteiger partial charge in [-0.15, -0.1) is 0 Å². The van der Waals surface area contributed by atoms with Crippen LogP contribution in [-0.4, -0.2) is 25.7 Å². The lowest BCUT2D eigenvalue weighted by Crippen LogP contribution is -2.33. The molecule has 4 nitrogen and oxygen atoms in total. The summed E-state index contributed by atoms with van der Waals surface area (Å²) in [4.78, 5) is 11.6. The largest absolute Gasteiger partial charge is 0.381 e. The first-order valence-corrected chi connectivity index (χ1v) is 6.38. The molecule has 1 N–H and O–H groups in total. The van der Waals surface area contributed by atoms with E-state index in [0.717, 1.165) is 25.9 Å². The smallest absolute Gasteiger partial charge is 0.237 e. The predicted molar refractivity (Wildman–Crippen MR) is 67.3 cm³/mol. The number of hydrogen-bond acceptors (Lipinski definition) is 3. The molecule has 0 heterocycles. The number of hydrogen-bond donors (Lipinski definition) is 1. The Hall–Kier alpha value is -1.08. The van der Waals surface area contributed by atoms with Crippen LogP contribution in [0.4, 0.5) is 0 Å². The second kappa shape index (κ2) is 10.1. The molecule has 0 aromatic carbocycles. The van der Waals surface area contributed by atoms with E-state index in [1.165, 1.54) is 0 Å². The second-order valence-corrected chi connectivity index (χ2v) is 4.46. The van der Waals surface area contributed by atoms with Crippen LogP contribution in [-0.2, 0) is 9.53 Å². The van der Waals surface area contributed by atoms with Crippen molar-refractivity contribution in [3.63, 3.8) is 0 Å². The molecule has 0 bridgehead atoms. The Labute approximate surface area is 104 Å². The van der Waals surface area contributed by atoms with Crippen LogP contribution in [0, 0.1) is 23.2 Å². The molecule has 0 saturated heterocycles. The highest BCUT2D eigenvalue weighted by Gasteiger charge is 2.20. The number of unbranched alkanes of at least 4 members (excludes halogenated alkanes) is 1. The molecule has 1 atom stereocenters. The first kappa shape index (κ1) is 15.9. The van der Waals surface area contributed by atoms with Crippen molar-refractivity contribution in [1.29, 1.82) is 5.26 Å². The monoisotopic (exact) mass is 240 g/mol. The number of nitriles is 1. The van der Waals surface area contributed by atoms with Crippen LogP contribution < -0.4 is 5.32 Å². The number of carbonyl (C=O) groups is 1. The summed E-state index contributed by atoms with van der Waals surface area (Å²) >= 11 is 0. The summed E-state index contributed by atoms with van der Waals surface area (Å²) < 4.78 is 5.37. The highest BCUT2D eigenvalue weighted by molar-refractivity contribution is 5.81. The van der Waals surface area contributed by atoms with Crippen molar-refractivity contribution in [1.82, 2.24) is 5.32 Å². The summed E-state index contributed by atoms with van der Waals surface area (Å²) in [6, 6.07) is 2.03. The van der Waals surface area contributed by atoms with Gasteiger partial charge in [0.25, 0.3) is 0 Å². The van der Waals surface area contributed by atoms with Gasteiger partial charge in [0, 0.05) is 19.8 Å². The van der Waals surface area contributed by atoms with Crippen LogP contribution in [0.2, 0.25) is 0 Å². The first-order chi connectivity index (χ1) is 8.13. The van der Waals surface area contributed by atoms with Gasteiger partial charge in [0.1, 0.15) is 5.92 Å². The van der Waals surface area contributed by atoms with Crippen molar-refractivity contribution in [3.8, 4) is 6.07 Å². The molecule has 4 heteroatoms. The van der Waals surface area contributed by atoms with Crippen molar-refractivity contribution < 1.29 is 9.53 Å². The van der Waals surface area contributed by atoms with Crippen molar-refractivity contribution in [2.24, 2.45) is 11.8 Å². The maximum atomic E-state index is 11.6. The highest BCUT2D eigenvalue weighted by Crippen LogP contribution is 2.08. The van der Waals surface area contributed by atoms with Crippen molar-refractivity contribution in [2.45, 2.75) is 40.0 Å². The number of carbonyl (C=O) groups excluding carboxylic acids is 1. The Morgan fingerprint density at radius 2 is 2.00 bits per heavy atom. The molecule has 0 aromatic heterocycles. The average Bonchev–Trinajstić information content (AvgIpc) is 2.28. The van der Waals surface area contributed by atoms with Gasteiger partial charge in [-0.05, 0) is 18.8 Å². The SMILES string of the molecule is CCCCOCCCNC(=O)C(C#N)C(C)C. The molecule has 0 saturated carbocycles. The Balaban J connectivity index is 3.55. The highest BCUT2D eigenvalue weighted by atomic mass is 16.5. The van der Waals surface area contributed by atoms with E-state index in [2.05, 4.69) is 12.2 Å². The van der Waals surface area contributed by atoms with E-state index in [4.69, 9.17) is 10.00 Å². The first-order valence-electron chi connectivity index (χ1n) is 6.38. The van der Waals surface area contributed by atoms with Gasteiger partial charge in [-0.25, -0.2) is 0 Å². The topological polar surface area (TPSA) is 62.1 Å². The lowest BCUT2D eigenvalue weighted by atomic mass is 9.97. The van der Waals surface area contributed by atoms with E-state index in [0.29, 0.717) is 13.2 Å². The van der Waals surface area contributed by atoms with E-state index in [1.807, 2.05) is 19.9 Å². The number of rotatable bonds is 9. The normalized spacial score (nSPS) is 12.2. The maximum Gasteiger partial charge on any atom is 0.237 e. The second-order valence-electron chi connectivity index (χ2n) is 4.46. The van der Waals surface area contributed by atoms with Crippen LogP contribution >= 0.6 is 0 Å². The van der Waals surface area contributed by atoms with Gasteiger partial charge in [-0.1, -0.05) is 27.2 Å². The predicted octanol–water partition coefficient (Wildman–Crippen LogP) is 2.11. The molecule has 0 aliphatic carbocycles. The minimum atomic E-state index is -0.545. The molecule has 0 radical (unpaired) electrons. The molecule has 0 aliphatic rings. The summed E-state index contributed by atoms with van der Waals surface area (Å²) in [5, 5.41) is 11.6. The van der Waals surface area contributed by atoms with E-state index in [-0.39, 0.29) is 11.8 Å². The van der Waals surface area contributed by atoms with Gasteiger partial charge < -0.3 is 10.1 Å². The Kier molecular flexibility index (Phi) is 9.46. The number of ether oxygens (including phenoxy) is 1. The summed E-state index contributed by atoms with van der Waals surface area (Å²) in [6.07, 6.45) is 3.01. The molecule has 17 heavy (non-hydrogen) atoms. The van der Waals surface area contributed by atoms with E-state index in [9.17, 15) is 4.79 Å². The van der Waals surface area contributed by atoms with Gasteiger partial charge >= 0.3 is 0 Å². The third-order valence-electron chi connectivity index (χ3n) is 2.50. The zero-order valence-corrected chi connectivity index (χ0v) is 11.2. The zero-order chi connectivity index (χ0) is 13.1. The maximum absolute atomic E-state index is 11.6. The van der Waals surface area contributed by atoms with Gasteiger partial charge in [-0.2, -0.15) is 5.26 Å². The van der Waals surface area contributed by atoms with Gasteiger partial charge in [-0.3, -0.25) is 4.79 Å². The lowest BCUT2D eigenvalue weighted by molar-refractivity contribution is -0.124. The molecule has 1 amide bonds. The summed E-state index contributed by atoms with van der Waals surface area (Å²) in [7, 11) is 0. The Morgan fingerprint density at radius 1 is 1.35 bits per heavy atom. The Morgan fingerprint density at radius 3 is 2.53 bits per heavy atom. The molecular weight excluding hydrogens is 216 g/mol. The van der Waals surface area contributed by atoms with Crippen molar-refractivity contribution in [3.05, 3.63) is 0 Å². The summed E-state index contributed by atoms with van der Waals surface area (Å²) in [6.45, 7) is 7.91. The third kappa shape index (κ3) is 7.76. The van der Waals surface area contributed by atoms with Crippen molar-refractivity contribution in [2.75, 3.05) is 19.8 Å². The quantitative estimate of drug-likeness (QED) is 0.628. The van der Waals surface area contributed by atoms with Gasteiger partial charge in [0.15, 0.2) is 0 Å². The minimum absolute atomic E-state index is 0.0563. The molecule has 98 valence electrons. The van der Waals surface area contributed by atoms with E-state index < -0.39 is 5.92 Å². The van der Waals surface area contributed by atoms with E-state index in [1.54, 1.807) is 0 Å². The summed E-state index contributed by atoms with van der Waals surface area (Å²) in [5.74, 6) is -0.659. The fourth-order valence-corrected chi connectivity index (χ4v) is 1.35. The molecule has 0 aromatic rings. The molecule has 0 fully saturated rings. The number of nitrogens with one attached hydrogen (secondary N) is 1. The third-order valence-corrected chi connectivity index (χ3v) is 2.50.